The molecule has 0 radical (unpaired) electrons. The summed E-state index contributed by atoms with van der Waals surface area (Å²) in [6, 6.07) is 16.1. The van der Waals surface area contributed by atoms with Crippen molar-refractivity contribution in [2.45, 2.75) is 18.4 Å². The van der Waals surface area contributed by atoms with Gasteiger partial charge in [-0.05, 0) is 34.6 Å². The van der Waals surface area contributed by atoms with Crippen LogP contribution in [0.4, 0.5) is 4.79 Å². The quantitative estimate of drug-likeness (QED) is 0.554. The second-order valence-electron chi connectivity index (χ2n) is 8.12. The molecule has 2 aliphatic rings. The largest absolute Gasteiger partial charge is 0.481 e. The zero-order valence-corrected chi connectivity index (χ0v) is 17.7. The number of methoxy groups -OCH3 is 1. The van der Waals surface area contributed by atoms with E-state index in [1.165, 1.54) is 7.11 Å². The van der Waals surface area contributed by atoms with Gasteiger partial charge in [0.25, 0.3) is 5.91 Å². The Labute approximate surface area is 185 Å². The molecular weight excluding hydrogens is 412 g/mol. The van der Waals surface area contributed by atoms with Crippen LogP contribution in [0.2, 0.25) is 0 Å². The molecule has 4 rings (SSSR count). The topological polar surface area (TPSA) is 114 Å². The van der Waals surface area contributed by atoms with E-state index >= 15 is 0 Å². The van der Waals surface area contributed by atoms with Crippen molar-refractivity contribution >= 4 is 18.0 Å². The zero-order chi connectivity index (χ0) is 22.7. The Morgan fingerprint density at radius 3 is 2.22 bits per heavy atom. The van der Waals surface area contributed by atoms with Gasteiger partial charge in [0.05, 0.1) is 12.5 Å². The summed E-state index contributed by atoms with van der Waals surface area (Å²) in [7, 11) is 1.38. The molecule has 3 N–H and O–H groups in total. The number of carboxylic acids is 1. The van der Waals surface area contributed by atoms with Crippen molar-refractivity contribution in [3.8, 4) is 11.1 Å². The summed E-state index contributed by atoms with van der Waals surface area (Å²) in [6.07, 6.45) is -0.960. The minimum atomic E-state index is -0.891. The summed E-state index contributed by atoms with van der Waals surface area (Å²) in [4.78, 5) is 35.4. The molecule has 32 heavy (non-hydrogen) atoms. The number of hydrogen-bond acceptors (Lipinski definition) is 5. The predicted octanol–water partition coefficient (Wildman–Crippen LogP) is 2.38. The molecule has 0 spiro atoms. The van der Waals surface area contributed by atoms with Gasteiger partial charge in [-0.3, -0.25) is 9.59 Å². The van der Waals surface area contributed by atoms with Crippen LogP contribution in [-0.4, -0.2) is 56.0 Å². The molecule has 1 saturated carbocycles. The minimum absolute atomic E-state index is 0.0459. The lowest BCUT2D eigenvalue weighted by atomic mass is 9.98. The standard InChI is InChI=1S/C24H26N2O6/c1-31-21(22(27)25-11-14-10-19(14)23(28)29)12-26-24(30)32-13-20-17-8-4-2-6-15(17)16-7-3-5-9-18(16)20/h2-9,14,19-21H,10-13H2,1H3,(H,25,27)(H,26,30)(H,28,29). The summed E-state index contributed by atoms with van der Waals surface area (Å²) in [5, 5.41) is 14.2. The summed E-state index contributed by atoms with van der Waals surface area (Å²) >= 11 is 0. The van der Waals surface area contributed by atoms with Crippen LogP contribution < -0.4 is 10.6 Å². The fourth-order valence-electron chi connectivity index (χ4n) is 4.23. The fraction of sp³-hybridized carbons (Fsp3) is 0.375. The monoisotopic (exact) mass is 438 g/mol. The van der Waals surface area contributed by atoms with Gasteiger partial charge in [0.2, 0.25) is 0 Å². The molecule has 2 aromatic carbocycles. The third-order valence-corrected chi connectivity index (χ3v) is 6.13. The van der Waals surface area contributed by atoms with Crippen molar-refractivity contribution in [2.24, 2.45) is 11.8 Å². The number of rotatable bonds is 9. The number of fused-ring (bicyclic) bond motifs is 3. The van der Waals surface area contributed by atoms with Crippen LogP contribution in [0.25, 0.3) is 11.1 Å². The maximum Gasteiger partial charge on any atom is 0.407 e. The Morgan fingerprint density at radius 1 is 1.03 bits per heavy atom. The number of alkyl carbamates (subject to hydrolysis) is 1. The molecule has 0 saturated heterocycles. The molecule has 2 aromatic rings. The van der Waals surface area contributed by atoms with E-state index in [2.05, 4.69) is 22.8 Å². The van der Waals surface area contributed by atoms with E-state index in [0.717, 1.165) is 22.3 Å². The van der Waals surface area contributed by atoms with Crippen molar-refractivity contribution in [1.29, 1.82) is 0 Å². The molecule has 2 aliphatic carbocycles. The highest BCUT2D eigenvalue weighted by atomic mass is 16.5. The van der Waals surface area contributed by atoms with Gasteiger partial charge in [-0.1, -0.05) is 48.5 Å². The predicted molar refractivity (Wildman–Crippen MR) is 116 cm³/mol. The van der Waals surface area contributed by atoms with Crippen molar-refractivity contribution < 1.29 is 29.0 Å². The molecule has 0 aliphatic heterocycles. The first-order valence-electron chi connectivity index (χ1n) is 10.6. The van der Waals surface area contributed by atoms with Gasteiger partial charge in [0.1, 0.15) is 6.61 Å². The fourth-order valence-corrected chi connectivity index (χ4v) is 4.23. The Balaban J connectivity index is 1.26. The van der Waals surface area contributed by atoms with Crippen molar-refractivity contribution in [3.63, 3.8) is 0 Å². The van der Waals surface area contributed by atoms with Gasteiger partial charge in [-0.2, -0.15) is 0 Å². The lowest BCUT2D eigenvalue weighted by Gasteiger charge is -2.17. The first-order valence-corrected chi connectivity index (χ1v) is 10.6. The van der Waals surface area contributed by atoms with Gasteiger partial charge in [-0.15, -0.1) is 0 Å². The lowest BCUT2D eigenvalue weighted by Crippen LogP contribution is -2.44. The average Bonchev–Trinajstić information content (AvgIpc) is 3.52. The van der Waals surface area contributed by atoms with Crippen LogP contribution in [0.5, 0.6) is 0 Å². The number of nitrogens with one attached hydrogen (secondary N) is 2. The van der Waals surface area contributed by atoms with Crippen molar-refractivity contribution in [2.75, 3.05) is 26.8 Å². The van der Waals surface area contributed by atoms with Gasteiger partial charge < -0.3 is 25.2 Å². The maximum atomic E-state index is 12.3. The van der Waals surface area contributed by atoms with E-state index in [0.29, 0.717) is 6.42 Å². The van der Waals surface area contributed by atoms with Crippen LogP contribution in [0, 0.1) is 11.8 Å². The number of carbonyl (C=O) groups is 3. The second kappa shape index (κ2) is 9.40. The lowest BCUT2D eigenvalue weighted by molar-refractivity contribution is -0.139. The molecule has 0 heterocycles. The Bertz CT molecular complexity index is 978. The van der Waals surface area contributed by atoms with Gasteiger partial charge in [-0.25, -0.2) is 4.79 Å². The first kappa shape index (κ1) is 21.8. The number of benzene rings is 2. The van der Waals surface area contributed by atoms with E-state index < -0.39 is 30.0 Å². The van der Waals surface area contributed by atoms with E-state index in [4.69, 9.17) is 14.6 Å². The normalized spacial score (nSPS) is 19.4. The van der Waals surface area contributed by atoms with E-state index in [9.17, 15) is 14.4 Å². The number of aliphatic carboxylic acids is 1. The third kappa shape index (κ3) is 4.60. The van der Waals surface area contributed by atoms with Gasteiger partial charge in [0.15, 0.2) is 6.10 Å². The molecule has 1 fully saturated rings. The summed E-state index contributed by atoms with van der Waals surface area (Å²) in [5.74, 6) is -1.73. The highest BCUT2D eigenvalue weighted by molar-refractivity contribution is 5.82. The molecule has 3 unspecified atom stereocenters. The summed E-state index contributed by atoms with van der Waals surface area (Å²) in [6.45, 7) is 0.411. The second-order valence-corrected chi connectivity index (χ2v) is 8.12. The van der Waals surface area contributed by atoms with Gasteiger partial charge >= 0.3 is 12.1 Å². The maximum absolute atomic E-state index is 12.3. The van der Waals surface area contributed by atoms with Gasteiger partial charge in [0, 0.05) is 19.6 Å². The Kier molecular flexibility index (Phi) is 6.41. The van der Waals surface area contributed by atoms with E-state index in [1.807, 2.05) is 36.4 Å². The molecule has 0 bridgehead atoms. The molecule has 8 heteroatoms. The smallest absolute Gasteiger partial charge is 0.407 e. The van der Waals surface area contributed by atoms with Crippen LogP contribution in [0.1, 0.15) is 23.5 Å². The number of ether oxygens (including phenoxy) is 2. The zero-order valence-electron chi connectivity index (χ0n) is 17.7. The van der Waals surface area contributed by atoms with E-state index in [-0.39, 0.29) is 31.5 Å². The number of amides is 2. The number of carboxylic acid groups (broad SMARTS) is 1. The molecule has 2 amide bonds. The molecule has 0 aromatic heterocycles. The van der Waals surface area contributed by atoms with Crippen LogP contribution >= 0.6 is 0 Å². The molecule has 8 nitrogen and oxygen atoms in total. The highest BCUT2D eigenvalue weighted by Crippen LogP contribution is 2.44. The van der Waals surface area contributed by atoms with Crippen LogP contribution in [0.3, 0.4) is 0 Å². The SMILES string of the molecule is COC(CNC(=O)OCC1c2ccccc2-c2ccccc21)C(=O)NCC1CC1C(=O)O. The third-order valence-electron chi connectivity index (χ3n) is 6.13. The van der Waals surface area contributed by atoms with Crippen LogP contribution in [0.15, 0.2) is 48.5 Å². The Morgan fingerprint density at radius 2 is 1.66 bits per heavy atom. The highest BCUT2D eigenvalue weighted by Gasteiger charge is 2.43. The minimum Gasteiger partial charge on any atom is -0.481 e. The number of carbonyl (C=O) groups excluding carboxylic acids is 2. The Hall–Kier alpha value is -3.39. The molecule has 3 atom stereocenters. The average molecular weight is 438 g/mol. The summed E-state index contributed by atoms with van der Waals surface area (Å²) < 4.78 is 10.6. The molecular formula is C24H26N2O6. The van der Waals surface area contributed by atoms with Crippen LogP contribution in [-0.2, 0) is 19.1 Å². The first-order chi connectivity index (χ1) is 15.5. The van der Waals surface area contributed by atoms with Crippen molar-refractivity contribution in [1.82, 2.24) is 10.6 Å². The summed E-state index contributed by atoms with van der Waals surface area (Å²) in [5.41, 5.74) is 4.54. The molecule has 168 valence electrons. The number of hydrogen-bond donors (Lipinski definition) is 3. The van der Waals surface area contributed by atoms with E-state index in [1.54, 1.807) is 0 Å². The van der Waals surface area contributed by atoms with Crippen molar-refractivity contribution in [3.05, 3.63) is 59.7 Å².